The number of amides is 1. The van der Waals surface area contributed by atoms with Crippen molar-refractivity contribution in [2.24, 2.45) is 0 Å². The lowest BCUT2D eigenvalue weighted by molar-refractivity contribution is 0.0992. The molecule has 0 aliphatic heterocycles. The van der Waals surface area contributed by atoms with Gasteiger partial charge in [0.2, 0.25) is 0 Å². The molecule has 0 aliphatic carbocycles. The average Bonchev–Trinajstić information content (AvgIpc) is 2.44. The lowest BCUT2D eigenvalue weighted by Crippen LogP contribution is -2.26. The number of benzene rings is 2. The third-order valence-electron chi connectivity index (χ3n) is 2.84. The summed E-state index contributed by atoms with van der Waals surface area (Å²) in [5.74, 6) is -3.61. The van der Waals surface area contributed by atoms with Crippen LogP contribution in [0.25, 0.3) is 0 Å². The number of nitrogens with zero attached hydrogens (tertiary/aromatic N) is 1. The van der Waals surface area contributed by atoms with E-state index in [9.17, 15) is 18.0 Å². The van der Waals surface area contributed by atoms with Crippen molar-refractivity contribution in [3.63, 3.8) is 0 Å². The van der Waals surface area contributed by atoms with Crippen molar-refractivity contribution in [1.29, 1.82) is 0 Å². The standard InChI is InChI=1S/C14H8Cl2F3NO/c1-20(7-2-3-11(17)13(19)4-7)14(21)8-5-12(18)10(16)6-9(8)15/h2-6H,1H3. The second kappa shape index (κ2) is 5.95. The summed E-state index contributed by atoms with van der Waals surface area (Å²) in [5.41, 5.74) is -0.0314. The average molecular weight is 334 g/mol. The van der Waals surface area contributed by atoms with E-state index in [1.165, 1.54) is 13.1 Å². The van der Waals surface area contributed by atoms with Crippen molar-refractivity contribution in [2.75, 3.05) is 11.9 Å². The molecule has 0 heterocycles. The summed E-state index contributed by atoms with van der Waals surface area (Å²) in [6, 6.07) is 4.95. The molecule has 21 heavy (non-hydrogen) atoms. The van der Waals surface area contributed by atoms with Crippen LogP contribution in [0, 0.1) is 17.5 Å². The van der Waals surface area contributed by atoms with Gasteiger partial charge in [0.15, 0.2) is 11.6 Å². The van der Waals surface area contributed by atoms with E-state index in [1.807, 2.05) is 0 Å². The molecule has 110 valence electrons. The van der Waals surface area contributed by atoms with E-state index in [1.54, 1.807) is 0 Å². The van der Waals surface area contributed by atoms with Crippen LogP contribution in [0.5, 0.6) is 0 Å². The van der Waals surface area contributed by atoms with Crippen molar-refractivity contribution in [3.05, 3.63) is 63.4 Å². The number of rotatable bonds is 2. The third-order valence-corrected chi connectivity index (χ3v) is 3.44. The van der Waals surface area contributed by atoms with Gasteiger partial charge in [0.1, 0.15) is 5.82 Å². The van der Waals surface area contributed by atoms with Gasteiger partial charge in [0.05, 0.1) is 15.6 Å². The minimum absolute atomic E-state index is 0.0409. The predicted molar refractivity (Wildman–Crippen MR) is 75.5 cm³/mol. The first-order chi connectivity index (χ1) is 9.81. The zero-order valence-corrected chi connectivity index (χ0v) is 12.1. The smallest absolute Gasteiger partial charge is 0.259 e. The summed E-state index contributed by atoms with van der Waals surface area (Å²) in [5, 5.41) is -0.257. The van der Waals surface area contributed by atoms with E-state index < -0.39 is 23.4 Å². The molecule has 0 saturated carbocycles. The van der Waals surface area contributed by atoms with Crippen LogP contribution < -0.4 is 4.90 Å². The zero-order chi connectivity index (χ0) is 15.7. The first-order valence-corrected chi connectivity index (χ1v) is 6.44. The van der Waals surface area contributed by atoms with Gasteiger partial charge in [-0.25, -0.2) is 13.2 Å². The largest absolute Gasteiger partial charge is 0.311 e. The van der Waals surface area contributed by atoms with Gasteiger partial charge in [0.25, 0.3) is 5.91 Å². The Bertz CT molecular complexity index is 722. The topological polar surface area (TPSA) is 20.3 Å². The zero-order valence-electron chi connectivity index (χ0n) is 10.6. The highest BCUT2D eigenvalue weighted by Crippen LogP contribution is 2.27. The summed E-state index contributed by atoms with van der Waals surface area (Å²) < 4.78 is 39.5. The fraction of sp³-hybridized carbons (Fsp3) is 0.0714. The molecule has 2 aromatic carbocycles. The summed E-state index contributed by atoms with van der Waals surface area (Å²) in [4.78, 5) is 13.3. The number of carbonyl (C=O) groups is 1. The van der Waals surface area contributed by atoms with E-state index in [4.69, 9.17) is 23.2 Å². The maximum absolute atomic E-state index is 13.4. The minimum atomic E-state index is -1.10. The highest BCUT2D eigenvalue weighted by atomic mass is 35.5. The first-order valence-electron chi connectivity index (χ1n) is 5.69. The molecular weight excluding hydrogens is 326 g/mol. The number of carbonyl (C=O) groups excluding carboxylic acids is 1. The Hall–Kier alpha value is -1.72. The van der Waals surface area contributed by atoms with Crippen LogP contribution in [-0.2, 0) is 0 Å². The summed E-state index contributed by atoms with van der Waals surface area (Å²) in [6.45, 7) is 0. The number of halogens is 5. The van der Waals surface area contributed by atoms with E-state index in [-0.39, 0.29) is 21.3 Å². The van der Waals surface area contributed by atoms with E-state index in [0.717, 1.165) is 29.2 Å². The predicted octanol–water partition coefficient (Wildman–Crippen LogP) is 4.69. The van der Waals surface area contributed by atoms with E-state index in [2.05, 4.69) is 0 Å². The van der Waals surface area contributed by atoms with Gasteiger partial charge in [-0.05, 0) is 24.3 Å². The van der Waals surface area contributed by atoms with Crippen LogP contribution in [0.15, 0.2) is 30.3 Å². The van der Waals surface area contributed by atoms with Crippen molar-refractivity contribution < 1.29 is 18.0 Å². The van der Waals surface area contributed by atoms with E-state index >= 15 is 0 Å². The molecule has 0 saturated heterocycles. The summed E-state index contributed by atoms with van der Waals surface area (Å²) in [7, 11) is 1.33. The monoisotopic (exact) mass is 333 g/mol. The van der Waals surface area contributed by atoms with Crippen LogP contribution in [0.4, 0.5) is 18.9 Å². The molecule has 7 heteroatoms. The van der Waals surface area contributed by atoms with Gasteiger partial charge >= 0.3 is 0 Å². The van der Waals surface area contributed by atoms with Gasteiger partial charge < -0.3 is 4.90 Å². The number of hydrogen-bond donors (Lipinski definition) is 0. The lowest BCUT2D eigenvalue weighted by Gasteiger charge is -2.18. The molecule has 0 N–H and O–H groups in total. The number of hydrogen-bond acceptors (Lipinski definition) is 1. The molecule has 2 rings (SSSR count). The Morgan fingerprint density at radius 1 is 0.952 bits per heavy atom. The molecule has 2 nitrogen and oxygen atoms in total. The third kappa shape index (κ3) is 3.14. The lowest BCUT2D eigenvalue weighted by atomic mass is 10.1. The molecule has 0 unspecified atom stereocenters. The van der Waals surface area contributed by atoms with Crippen LogP contribution in [0.3, 0.4) is 0 Å². The first kappa shape index (κ1) is 15.7. The second-order valence-electron chi connectivity index (χ2n) is 4.21. The molecular formula is C14H8Cl2F3NO. The highest BCUT2D eigenvalue weighted by Gasteiger charge is 2.19. The molecule has 0 bridgehead atoms. The van der Waals surface area contributed by atoms with Crippen molar-refractivity contribution in [3.8, 4) is 0 Å². The van der Waals surface area contributed by atoms with Crippen molar-refractivity contribution >= 4 is 34.8 Å². The maximum atomic E-state index is 13.4. The van der Waals surface area contributed by atoms with Crippen molar-refractivity contribution in [2.45, 2.75) is 0 Å². The van der Waals surface area contributed by atoms with Gasteiger partial charge in [-0.1, -0.05) is 23.2 Å². The van der Waals surface area contributed by atoms with Crippen LogP contribution in [0.1, 0.15) is 10.4 Å². The molecule has 0 aromatic heterocycles. The molecule has 0 spiro atoms. The minimum Gasteiger partial charge on any atom is -0.311 e. The Labute approximate surface area is 128 Å². The molecule has 0 aliphatic rings. The summed E-state index contributed by atoms with van der Waals surface area (Å²) >= 11 is 11.4. The van der Waals surface area contributed by atoms with E-state index in [0.29, 0.717) is 0 Å². The maximum Gasteiger partial charge on any atom is 0.259 e. The normalized spacial score (nSPS) is 10.6. The Morgan fingerprint density at radius 3 is 2.24 bits per heavy atom. The van der Waals surface area contributed by atoms with Gasteiger partial charge in [-0.2, -0.15) is 0 Å². The quantitative estimate of drug-likeness (QED) is 0.730. The van der Waals surface area contributed by atoms with Crippen LogP contribution in [0.2, 0.25) is 10.0 Å². The Balaban J connectivity index is 2.39. The number of anilines is 1. The van der Waals surface area contributed by atoms with Gasteiger partial charge in [0, 0.05) is 18.8 Å². The molecule has 1 amide bonds. The molecule has 0 radical (unpaired) electrons. The Kier molecular flexibility index (Phi) is 4.44. The van der Waals surface area contributed by atoms with Crippen molar-refractivity contribution in [1.82, 2.24) is 0 Å². The fourth-order valence-electron chi connectivity index (χ4n) is 1.68. The molecule has 2 aromatic rings. The van der Waals surface area contributed by atoms with Crippen LogP contribution in [-0.4, -0.2) is 13.0 Å². The fourth-order valence-corrected chi connectivity index (χ4v) is 2.14. The van der Waals surface area contributed by atoms with Gasteiger partial charge in [-0.3, -0.25) is 4.79 Å². The highest BCUT2D eigenvalue weighted by molar-refractivity contribution is 6.37. The van der Waals surface area contributed by atoms with Gasteiger partial charge in [-0.15, -0.1) is 0 Å². The Morgan fingerprint density at radius 2 is 1.62 bits per heavy atom. The summed E-state index contributed by atoms with van der Waals surface area (Å²) in [6.07, 6.45) is 0. The SMILES string of the molecule is CN(C(=O)c1cc(F)c(Cl)cc1Cl)c1ccc(F)c(F)c1. The molecule has 0 atom stereocenters. The molecule has 0 fully saturated rings. The second-order valence-corrected chi connectivity index (χ2v) is 5.02. The van der Waals surface area contributed by atoms with Crippen LogP contribution >= 0.6 is 23.2 Å².